The van der Waals surface area contributed by atoms with E-state index in [1.807, 2.05) is 24.3 Å². The molecule has 0 atom stereocenters. The minimum Gasteiger partial charge on any atom is -0.264 e. The molecule has 3 rings (SSSR count). The molecule has 1 aromatic carbocycles. The second-order valence-corrected chi connectivity index (χ2v) is 7.17. The van der Waals surface area contributed by atoms with Crippen LogP contribution < -0.4 is 0 Å². The van der Waals surface area contributed by atoms with Crippen molar-refractivity contribution in [2.24, 2.45) is 0 Å². The molecule has 0 spiro atoms. The molecule has 5 heteroatoms. The van der Waals surface area contributed by atoms with Crippen LogP contribution >= 0.6 is 0 Å². The first-order valence-corrected chi connectivity index (χ1v) is 8.62. The predicted octanol–water partition coefficient (Wildman–Crippen LogP) is 2.92. The number of rotatable bonds is 3. The van der Waals surface area contributed by atoms with Crippen molar-refractivity contribution in [2.75, 3.05) is 13.1 Å². The molecule has 0 saturated carbocycles. The lowest BCUT2D eigenvalue weighted by Crippen LogP contribution is -2.35. The van der Waals surface area contributed by atoms with Crippen molar-refractivity contribution in [3.05, 3.63) is 48.8 Å². The van der Waals surface area contributed by atoms with Crippen molar-refractivity contribution in [2.45, 2.75) is 24.2 Å². The lowest BCUT2D eigenvalue weighted by atomic mass is 10.1. The van der Waals surface area contributed by atoms with E-state index in [2.05, 4.69) is 4.98 Å². The molecule has 21 heavy (non-hydrogen) atoms. The fourth-order valence-electron chi connectivity index (χ4n) is 2.61. The monoisotopic (exact) mass is 302 g/mol. The van der Waals surface area contributed by atoms with Crippen LogP contribution in [0.25, 0.3) is 11.1 Å². The third-order valence-electron chi connectivity index (χ3n) is 3.80. The number of hydrogen-bond donors (Lipinski definition) is 0. The molecule has 1 aromatic heterocycles. The van der Waals surface area contributed by atoms with Crippen LogP contribution in [0.1, 0.15) is 19.3 Å². The predicted molar refractivity (Wildman–Crippen MR) is 82.3 cm³/mol. The smallest absolute Gasteiger partial charge is 0.243 e. The van der Waals surface area contributed by atoms with Gasteiger partial charge in [-0.15, -0.1) is 0 Å². The molecular weight excluding hydrogens is 284 g/mol. The van der Waals surface area contributed by atoms with E-state index >= 15 is 0 Å². The highest BCUT2D eigenvalue weighted by Gasteiger charge is 2.25. The number of hydrogen-bond acceptors (Lipinski definition) is 3. The summed E-state index contributed by atoms with van der Waals surface area (Å²) in [5.41, 5.74) is 1.96. The highest BCUT2D eigenvalue weighted by Crippen LogP contribution is 2.24. The highest BCUT2D eigenvalue weighted by molar-refractivity contribution is 7.89. The molecule has 0 bridgehead atoms. The Bertz CT molecular complexity index is 691. The van der Waals surface area contributed by atoms with E-state index in [0.29, 0.717) is 18.0 Å². The molecule has 110 valence electrons. The Balaban J connectivity index is 1.87. The zero-order valence-electron chi connectivity index (χ0n) is 11.8. The van der Waals surface area contributed by atoms with Crippen LogP contribution in [-0.4, -0.2) is 30.8 Å². The molecule has 0 N–H and O–H groups in total. The lowest BCUT2D eigenvalue weighted by molar-refractivity contribution is 0.346. The van der Waals surface area contributed by atoms with Gasteiger partial charge in [0, 0.05) is 25.5 Å². The van der Waals surface area contributed by atoms with E-state index in [4.69, 9.17) is 0 Å². The van der Waals surface area contributed by atoms with Crippen molar-refractivity contribution in [3.8, 4) is 11.1 Å². The van der Waals surface area contributed by atoms with Gasteiger partial charge < -0.3 is 0 Å². The topological polar surface area (TPSA) is 50.3 Å². The summed E-state index contributed by atoms with van der Waals surface area (Å²) < 4.78 is 26.7. The first-order chi connectivity index (χ1) is 10.2. The van der Waals surface area contributed by atoms with E-state index in [1.165, 1.54) is 0 Å². The molecular formula is C16H18N2O2S. The second-order valence-electron chi connectivity index (χ2n) is 5.23. The number of pyridine rings is 1. The van der Waals surface area contributed by atoms with Crippen molar-refractivity contribution in [1.29, 1.82) is 0 Å². The van der Waals surface area contributed by atoms with E-state index < -0.39 is 10.0 Å². The molecule has 2 heterocycles. The first-order valence-electron chi connectivity index (χ1n) is 7.18. The second kappa shape index (κ2) is 5.95. The minimum absolute atomic E-state index is 0.372. The summed E-state index contributed by atoms with van der Waals surface area (Å²) in [7, 11) is -3.34. The zero-order chi connectivity index (χ0) is 14.7. The summed E-state index contributed by atoms with van der Waals surface area (Å²) in [6, 6.07) is 10.9. The van der Waals surface area contributed by atoms with Gasteiger partial charge >= 0.3 is 0 Å². The van der Waals surface area contributed by atoms with Crippen LogP contribution in [0, 0.1) is 0 Å². The summed E-state index contributed by atoms with van der Waals surface area (Å²) >= 11 is 0. The number of nitrogens with zero attached hydrogens (tertiary/aromatic N) is 2. The average molecular weight is 302 g/mol. The Morgan fingerprint density at radius 3 is 2.24 bits per heavy atom. The van der Waals surface area contributed by atoms with E-state index in [-0.39, 0.29) is 0 Å². The van der Waals surface area contributed by atoms with Crippen molar-refractivity contribution in [1.82, 2.24) is 9.29 Å². The first kappa shape index (κ1) is 14.2. The van der Waals surface area contributed by atoms with Gasteiger partial charge in [-0.25, -0.2) is 8.42 Å². The Kier molecular flexibility index (Phi) is 4.03. The van der Waals surface area contributed by atoms with E-state index in [9.17, 15) is 8.42 Å². The number of piperidine rings is 1. The molecule has 1 aliphatic heterocycles. The Morgan fingerprint density at radius 2 is 1.62 bits per heavy atom. The zero-order valence-corrected chi connectivity index (χ0v) is 12.6. The van der Waals surface area contributed by atoms with Crippen LogP contribution in [0.15, 0.2) is 53.7 Å². The van der Waals surface area contributed by atoms with Gasteiger partial charge in [0.15, 0.2) is 0 Å². The van der Waals surface area contributed by atoms with Gasteiger partial charge in [0.1, 0.15) is 0 Å². The molecule has 0 amide bonds. The molecule has 2 aromatic rings. The van der Waals surface area contributed by atoms with Crippen LogP contribution in [0.2, 0.25) is 0 Å². The Morgan fingerprint density at radius 1 is 0.905 bits per heavy atom. The van der Waals surface area contributed by atoms with Gasteiger partial charge in [-0.05, 0) is 42.2 Å². The Hall–Kier alpha value is -1.72. The van der Waals surface area contributed by atoms with Crippen LogP contribution in [-0.2, 0) is 10.0 Å². The van der Waals surface area contributed by atoms with Crippen LogP contribution in [0.4, 0.5) is 0 Å². The lowest BCUT2D eigenvalue weighted by Gasteiger charge is -2.25. The molecule has 1 aliphatic rings. The van der Waals surface area contributed by atoms with Gasteiger partial charge in [0.25, 0.3) is 0 Å². The van der Waals surface area contributed by atoms with Crippen LogP contribution in [0.5, 0.6) is 0 Å². The largest absolute Gasteiger partial charge is 0.264 e. The number of aromatic nitrogens is 1. The molecule has 0 aliphatic carbocycles. The van der Waals surface area contributed by atoms with Gasteiger partial charge in [-0.3, -0.25) is 4.98 Å². The van der Waals surface area contributed by atoms with E-state index in [0.717, 1.165) is 30.4 Å². The third kappa shape index (κ3) is 2.99. The summed E-state index contributed by atoms with van der Waals surface area (Å²) in [4.78, 5) is 4.45. The summed E-state index contributed by atoms with van der Waals surface area (Å²) in [6.45, 7) is 1.26. The summed E-state index contributed by atoms with van der Waals surface area (Å²) in [5.74, 6) is 0. The van der Waals surface area contributed by atoms with Gasteiger partial charge in [-0.2, -0.15) is 4.31 Å². The van der Waals surface area contributed by atoms with Crippen LogP contribution in [0.3, 0.4) is 0 Å². The standard InChI is InChI=1S/C16H18N2O2S/c19-21(20,18-11-2-1-3-12-18)16-8-6-14(7-9-16)15-5-4-10-17-13-15/h4-10,13H,1-3,11-12H2. The maximum absolute atomic E-state index is 12.5. The molecule has 1 fully saturated rings. The highest BCUT2D eigenvalue weighted by atomic mass is 32.2. The fraction of sp³-hybridized carbons (Fsp3) is 0.312. The molecule has 0 unspecified atom stereocenters. The average Bonchev–Trinajstić information content (AvgIpc) is 2.57. The third-order valence-corrected chi connectivity index (χ3v) is 5.71. The molecule has 0 radical (unpaired) electrons. The van der Waals surface area contributed by atoms with Gasteiger partial charge in [0.05, 0.1) is 4.90 Å². The number of benzene rings is 1. The minimum atomic E-state index is -3.34. The van der Waals surface area contributed by atoms with Crippen molar-refractivity contribution in [3.63, 3.8) is 0 Å². The number of sulfonamides is 1. The van der Waals surface area contributed by atoms with Gasteiger partial charge in [0.2, 0.25) is 10.0 Å². The summed E-state index contributed by atoms with van der Waals surface area (Å²) in [5, 5.41) is 0. The molecule has 4 nitrogen and oxygen atoms in total. The van der Waals surface area contributed by atoms with Crippen molar-refractivity contribution >= 4 is 10.0 Å². The fourth-order valence-corrected chi connectivity index (χ4v) is 4.12. The normalized spacial score (nSPS) is 16.8. The Labute approximate surface area is 125 Å². The van der Waals surface area contributed by atoms with E-state index in [1.54, 1.807) is 28.8 Å². The maximum atomic E-state index is 12.5. The SMILES string of the molecule is O=S(=O)(c1ccc(-c2cccnc2)cc1)N1CCCCC1. The molecule has 1 saturated heterocycles. The van der Waals surface area contributed by atoms with Crippen molar-refractivity contribution < 1.29 is 8.42 Å². The summed E-state index contributed by atoms with van der Waals surface area (Å²) in [6.07, 6.45) is 6.51. The quantitative estimate of drug-likeness (QED) is 0.876. The van der Waals surface area contributed by atoms with Gasteiger partial charge in [-0.1, -0.05) is 24.6 Å². The maximum Gasteiger partial charge on any atom is 0.243 e.